The second-order valence-electron chi connectivity index (χ2n) is 4.88. The van der Waals surface area contributed by atoms with Crippen molar-refractivity contribution in [3.63, 3.8) is 0 Å². The van der Waals surface area contributed by atoms with E-state index in [1.54, 1.807) is 7.11 Å². The van der Waals surface area contributed by atoms with Gasteiger partial charge in [0, 0.05) is 33.2 Å². The molecule has 0 radical (unpaired) electrons. The van der Waals surface area contributed by atoms with E-state index in [1.165, 1.54) is 0 Å². The number of benzene rings is 1. The Morgan fingerprint density at radius 2 is 2.06 bits per heavy atom. The maximum atomic E-state index is 6.09. The minimum atomic E-state index is -0.0604. The summed E-state index contributed by atoms with van der Waals surface area (Å²) in [6.45, 7) is 6.04. The number of likely N-dealkylation sites (tertiary alicyclic amines) is 1. The summed E-state index contributed by atoms with van der Waals surface area (Å²) in [5.41, 5.74) is -0.0604. The summed E-state index contributed by atoms with van der Waals surface area (Å²) in [6, 6.07) is 10.1. The van der Waals surface area contributed by atoms with Crippen molar-refractivity contribution in [3.8, 4) is 5.75 Å². The lowest BCUT2D eigenvalue weighted by atomic mass is 10.1. The van der Waals surface area contributed by atoms with Crippen molar-refractivity contribution in [2.75, 3.05) is 33.4 Å². The minimum absolute atomic E-state index is 0.0604. The van der Waals surface area contributed by atoms with Crippen molar-refractivity contribution in [2.45, 2.75) is 18.9 Å². The third-order valence-corrected chi connectivity index (χ3v) is 3.23. The second-order valence-corrected chi connectivity index (χ2v) is 4.88. The molecule has 1 heterocycles. The molecule has 0 aliphatic carbocycles. The van der Waals surface area contributed by atoms with Crippen molar-refractivity contribution >= 4 is 0 Å². The van der Waals surface area contributed by atoms with Crippen molar-refractivity contribution in [1.29, 1.82) is 0 Å². The average molecular weight is 235 g/mol. The highest BCUT2D eigenvalue weighted by atomic mass is 16.5. The molecule has 1 aromatic rings. The molecule has 17 heavy (non-hydrogen) atoms. The smallest absolute Gasteiger partial charge is 0.120 e. The van der Waals surface area contributed by atoms with Gasteiger partial charge in [0.15, 0.2) is 0 Å². The van der Waals surface area contributed by atoms with E-state index >= 15 is 0 Å². The van der Waals surface area contributed by atoms with Gasteiger partial charge in [-0.2, -0.15) is 0 Å². The molecule has 0 N–H and O–H groups in total. The molecule has 0 saturated carbocycles. The number of methoxy groups -OCH3 is 1. The Bertz CT molecular complexity index is 341. The summed E-state index contributed by atoms with van der Waals surface area (Å²) in [5, 5.41) is 0. The molecule has 1 unspecified atom stereocenters. The molecule has 1 aromatic carbocycles. The van der Waals surface area contributed by atoms with Gasteiger partial charge in [-0.1, -0.05) is 18.2 Å². The molecular weight excluding hydrogens is 214 g/mol. The van der Waals surface area contributed by atoms with Crippen molar-refractivity contribution in [3.05, 3.63) is 30.3 Å². The molecular formula is C14H21NO2. The van der Waals surface area contributed by atoms with E-state index in [0.29, 0.717) is 0 Å². The highest BCUT2D eigenvalue weighted by Gasteiger charge is 2.35. The van der Waals surface area contributed by atoms with E-state index in [1.807, 2.05) is 30.3 Å². The Labute approximate surface area is 103 Å². The van der Waals surface area contributed by atoms with Gasteiger partial charge < -0.3 is 9.47 Å². The maximum absolute atomic E-state index is 6.09. The van der Waals surface area contributed by atoms with Gasteiger partial charge in [0.25, 0.3) is 0 Å². The minimum Gasteiger partial charge on any atom is -0.486 e. The Morgan fingerprint density at radius 1 is 1.29 bits per heavy atom. The summed E-state index contributed by atoms with van der Waals surface area (Å²) in [6.07, 6.45) is 1.08. The van der Waals surface area contributed by atoms with Gasteiger partial charge in [-0.3, -0.25) is 4.90 Å². The zero-order chi connectivity index (χ0) is 12.1. The number of hydrogen-bond acceptors (Lipinski definition) is 3. The summed E-state index contributed by atoms with van der Waals surface area (Å²) in [5.74, 6) is 0.962. The van der Waals surface area contributed by atoms with Gasteiger partial charge in [0.05, 0.1) is 6.61 Å². The van der Waals surface area contributed by atoms with E-state index in [0.717, 1.165) is 38.4 Å². The van der Waals surface area contributed by atoms with E-state index in [4.69, 9.17) is 9.47 Å². The third-order valence-electron chi connectivity index (χ3n) is 3.23. The van der Waals surface area contributed by atoms with E-state index in [9.17, 15) is 0 Å². The van der Waals surface area contributed by atoms with E-state index < -0.39 is 0 Å². The quantitative estimate of drug-likeness (QED) is 0.780. The third kappa shape index (κ3) is 3.45. The standard InChI is InChI=1S/C14H21NO2/c1-14(17-13-6-4-3-5-7-13)8-9-15(12-14)10-11-16-2/h3-7H,8-12H2,1-2H3. The lowest BCUT2D eigenvalue weighted by Crippen LogP contribution is -2.36. The van der Waals surface area contributed by atoms with Crippen LogP contribution in [0.2, 0.25) is 0 Å². The fourth-order valence-electron chi connectivity index (χ4n) is 2.29. The average Bonchev–Trinajstić information content (AvgIpc) is 2.69. The van der Waals surface area contributed by atoms with Gasteiger partial charge in [0.2, 0.25) is 0 Å². The van der Waals surface area contributed by atoms with Crippen LogP contribution in [0.1, 0.15) is 13.3 Å². The van der Waals surface area contributed by atoms with Crippen LogP contribution in [0.25, 0.3) is 0 Å². The Morgan fingerprint density at radius 3 is 2.76 bits per heavy atom. The lowest BCUT2D eigenvalue weighted by molar-refractivity contribution is 0.0889. The molecule has 2 rings (SSSR count). The van der Waals surface area contributed by atoms with Crippen LogP contribution >= 0.6 is 0 Å². The first-order chi connectivity index (χ1) is 8.22. The lowest BCUT2D eigenvalue weighted by Gasteiger charge is -2.26. The molecule has 0 spiro atoms. The summed E-state index contributed by atoms with van der Waals surface area (Å²) < 4.78 is 11.2. The molecule has 1 aliphatic heterocycles. The Balaban J connectivity index is 1.89. The zero-order valence-corrected chi connectivity index (χ0v) is 10.7. The van der Waals surface area contributed by atoms with Crippen LogP contribution in [0, 0.1) is 0 Å². The van der Waals surface area contributed by atoms with Crippen LogP contribution < -0.4 is 4.74 Å². The Hall–Kier alpha value is -1.06. The van der Waals surface area contributed by atoms with E-state index in [-0.39, 0.29) is 5.60 Å². The Kier molecular flexibility index (Phi) is 4.02. The van der Waals surface area contributed by atoms with Crippen LogP contribution in [0.15, 0.2) is 30.3 Å². The largest absolute Gasteiger partial charge is 0.486 e. The number of para-hydroxylation sites is 1. The molecule has 3 heteroatoms. The molecule has 0 bridgehead atoms. The fourth-order valence-corrected chi connectivity index (χ4v) is 2.29. The normalized spacial score (nSPS) is 25.1. The summed E-state index contributed by atoms with van der Waals surface area (Å²) >= 11 is 0. The second kappa shape index (κ2) is 5.52. The van der Waals surface area contributed by atoms with Crippen LogP contribution in [0.3, 0.4) is 0 Å². The molecule has 0 amide bonds. The monoisotopic (exact) mass is 235 g/mol. The van der Waals surface area contributed by atoms with Gasteiger partial charge in [-0.25, -0.2) is 0 Å². The predicted octanol–water partition coefficient (Wildman–Crippen LogP) is 2.18. The van der Waals surface area contributed by atoms with Gasteiger partial charge in [-0.15, -0.1) is 0 Å². The topological polar surface area (TPSA) is 21.7 Å². The van der Waals surface area contributed by atoms with Crippen LogP contribution in [-0.2, 0) is 4.74 Å². The number of rotatable bonds is 5. The molecule has 1 saturated heterocycles. The van der Waals surface area contributed by atoms with Gasteiger partial charge in [0.1, 0.15) is 11.4 Å². The summed E-state index contributed by atoms with van der Waals surface area (Å²) in [7, 11) is 1.75. The number of hydrogen-bond donors (Lipinski definition) is 0. The molecule has 3 nitrogen and oxygen atoms in total. The van der Waals surface area contributed by atoms with Gasteiger partial charge in [-0.05, 0) is 19.1 Å². The summed E-state index contributed by atoms with van der Waals surface area (Å²) in [4.78, 5) is 2.40. The first-order valence-electron chi connectivity index (χ1n) is 6.17. The fraction of sp³-hybridized carbons (Fsp3) is 0.571. The van der Waals surface area contributed by atoms with Crippen molar-refractivity contribution in [2.24, 2.45) is 0 Å². The van der Waals surface area contributed by atoms with Crippen LogP contribution in [0.4, 0.5) is 0 Å². The van der Waals surface area contributed by atoms with Crippen LogP contribution in [0.5, 0.6) is 5.75 Å². The molecule has 1 fully saturated rings. The van der Waals surface area contributed by atoms with Crippen LogP contribution in [-0.4, -0.2) is 43.9 Å². The highest BCUT2D eigenvalue weighted by molar-refractivity contribution is 5.22. The van der Waals surface area contributed by atoms with E-state index in [2.05, 4.69) is 11.8 Å². The zero-order valence-electron chi connectivity index (χ0n) is 10.7. The molecule has 1 aliphatic rings. The molecule has 94 valence electrons. The molecule has 0 aromatic heterocycles. The van der Waals surface area contributed by atoms with Crippen molar-refractivity contribution < 1.29 is 9.47 Å². The predicted molar refractivity (Wildman–Crippen MR) is 68.4 cm³/mol. The first-order valence-corrected chi connectivity index (χ1v) is 6.17. The van der Waals surface area contributed by atoms with Gasteiger partial charge >= 0.3 is 0 Å². The first kappa shape index (κ1) is 12.4. The highest BCUT2D eigenvalue weighted by Crippen LogP contribution is 2.27. The molecule has 1 atom stereocenters. The van der Waals surface area contributed by atoms with Crippen molar-refractivity contribution in [1.82, 2.24) is 4.90 Å². The number of nitrogens with zero attached hydrogens (tertiary/aromatic N) is 1. The maximum Gasteiger partial charge on any atom is 0.120 e. The number of ether oxygens (including phenoxy) is 2. The SMILES string of the molecule is COCCN1CCC(C)(Oc2ccccc2)C1.